The van der Waals surface area contributed by atoms with Crippen LogP contribution in [-0.4, -0.2) is 0 Å². The third-order valence-corrected chi connectivity index (χ3v) is 7.03. The largest absolute Gasteiger partial charge is 0.324 e. The van der Waals surface area contributed by atoms with Gasteiger partial charge in [0, 0.05) is 11.1 Å². The van der Waals surface area contributed by atoms with Crippen molar-refractivity contribution in [2.75, 3.05) is 0 Å². The Morgan fingerprint density at radius 1 is 0.952 bits per heavy atom. The van der Waals surface area contributed by atoms with E-state index in [0.29, 0.717) is 5.92 Å². The van der Waals surface area contributed by atoms with Crippen molar-refractivity contribution in [3.8, 4) is 0 Å². The third-order valence-electron chi connectivity index (χ3n) is 6.62. The summed E-state index contributed by atoms with van der Waals surface area (Å²) in [5, 5.41) is 0.869. The summed E-state index contributed by atoms with van der Waals surface area (Å²) in [6.45, 7) is 4.26. The van der Waals surface area contributed by atoms with Gasteiger partial charge in [0.2, 0.25) is 0 Å². The zero-order valence-electron chi connectivity index (χ0n) is 13.1. The van der Waals surface area contributed by atoms with Gasteiger partial charge in [0.05, 0.1) is 0 Å². The van der Waals surface area contributed by atoms with E-state index >= 15 is 0 Å². The second-order valence-electron chi connectivity index (χ2n) is 7.99. The molecule has 5 rings (SSSR count). The van der Waals surface area contributed by atoms with Crippen LogP contribution in [0.15, 0.2) is 12.1 Å². The topological polar surface area (TPSA) is 26.0 Å². The fraction of sp³-hybridized carbons (Fsp3) is 0.684. The lowest BCUT2D eigenvalue weighted by Crippen LogP contribution is -2.48. The second kappa shape index (κ2) is 4.99. The summed E-state index contributed by atoms with van der Waals surface area (Å²) in [6, 6.07) is 4.55. The molecule has 1 nitrogen and oxygen atoms in total. The minimum absolute atomic E-state index is 0.205. The van der Waals surface area contributed by atoms with Crippen LogP contribution in [0.4, 0.5) is 0 Å². The summed E-state index contributed by atoms with van der Waals surface area (Å²) in [5.41, 5.74) is 10.6. The molecule has 2 heteroatoms. The van der Waals surface area contributed by atoms with Gasteiger partial charge >= 0.3 is 0 Å². The number of rotatable bonds is 2. The molecule has 0 radical (unpaired) electrons. The molecule has 4 fully saturated rings. The SMILES string of the molecule is Cc1cc(C(N)C2C3CC4CC(C3)CC2C4)c(C)cc1Cl. The summed E-state index contributed by atoms with van der Waals surface area (Å²) < 4.78 is 0. The molecule has 0 saturated heterocycles. The molecular formula is C19H26ClN. The predicted molar refractivity (Wildman–Crippen MR) is 88.4 cm³/mol. The molecule has 1 atom stereocenters. The maximum Gasteiger partial charge on any atom is 0.0438 e. The lowest BCUT2D eigenvalue weighted by atomic mass is 9.50. The van der Waals surface area contributed by atoms with E-state index in [1.807, 2.05) is 0 Å². The van der Waals surface area contributed by atoms with E-state index in [9.17, 15) is 0 Å². The number of hydrogen-bond donors (Lipinski definition) is 1. The van der Waals surface area contributed by atoms with Crippen molar-refractivity contribution in [1.82, 2.24) is 0 Å². The molecule has 2 N–H and O–H groups in total. The molecule has 4 aliphatic carbocycles. The first kappa shape index (κ1) is 14.1. The van der Waals surface area contributed by atoms with Crippen molar-refractivity contribution in [1.29, 1.82) is 0 Å². The molecule has 0 spiro atoms. The zero-order chi connectivity index (χ0) is 14.7. The summed E-state index contributed by atoms with van der Waals surface area (Å²) in [4.78, 5) is 0. The number of halogens is 1. The molecule has 21 heavy (non-hydrogen) atoms. The molecular weight excluding hydrogens is 278 g/mol. The van der Waals surface area contributed by atoms with Crippen LogP contribution in [0, 0.1) is 43.4 Å². The van der Waals surface area contributed by atoms with E-state index in [0.717, 1.165) is 34.3 Å². The van der Waals surface area contributed by atoms with E-state index in [4.69, 9.17) is 17.3 Å². The lowest BCUT2D eigenvalue weighted by Gasteiger charge is -2.56. The number of hydrogen-bond acceptors (Lipinski definition) is 1. The van der Waals surface area contributed by atoms with Crippen molar-refractivity contribution in [2.24, 2.45) is 35.3 Å². The molecule has 0 aliphatic heterocycles. The van der Waals surface area contributed by atoms with Gasteiger partial charge in [-0.3, -0.25) is 0 Å². The smallest absolute Gasteiger partial charge is 0.0438 e. The standard InChI is InChI=1S/C19H26ClN/c1-10-4-17(20)11(2)3-16(10)19(21)18-14-6-12-5-13(8-14)9-15(18)7-12/h3-4,12-15,18-19H,5-9,21H2,1-2H3. The van der Waals surface area contributed by atoms with Crippen molar-refractivity contribution >= 4 is 11.6 Å². The molecule has 1 aromatic carbocycles. The van der Waals surface area contributed by atoms with Gasteiger partial charge in [-0.2, -0.15) is 0 Å². The van der Waals surface area contributed by atoms with Crippen LogP contribution in [-0.2, 0) is 0 Å². The average Bonchev–Trinajstić information content (AvgIpc) is 2.41. The molecule has 0 aromatic heterocycles. The van der Waals surface area contributed by atoms with Gasteiger partial charge in [-0.15, -0.1) is 0 Å². The molecule has 0 amide bonds. The average molecular weight is 304 g/mol. The Balaban J connectivity index is 1.66. The van der Waals surface area contributed by atoms with E-state index in [1.165, 1.54) is 43.2 Å². The molecule has 1 aromatic rings. The van der Waals surface area contributed by atoms with Crippen LogP contribution in [0.25, 0.3) is 0 Å². The highest BCUT2D eigenvalue weighted by Gasteiger charge is 2.50. The van der Waals surface area contributed by atoms with E-state index in [2.05, 4.69) is 26.0 Å². The van der Waals surface area contributed by atoms with E-state index in [1.54, 1.807) is 0 Å². The maximum atomic E-state index is 6.80. The highest BCUT2D eigenvalue weighted by molar-refractivity contribution is 6.31. The first-order valence-corrected chi connectivity index (χ1v) is 8.93. The molecule has 4 bridgehead atoms. The van der Waals surface area contributed by atoms with Crippen molar-refractivity contribution in [3.63, 3.8) is 0 Å². The summed E-state index contributed by atoms with van der Waals surface area (Å²) in [6.07, 6.45) is 7.27. The van der Waals surface area contributed by atoms with Gasteiger partial charge < -0.3 is 5.73 Å². The van der Waals surface area contributed by atoms with Crippen LogP contribution in [0.5, 0.6) is 0 Å². The Kier molecular flexibility index (Phi) is 3.35. The Labute approximate surface area is 133 Å². The highest BCUT2D eigenvalue weighted by atomic mass is 35.5. The van der Waals surface area contributed by atoms with Crippen LogP contribution in [0.3, 0.4) is 0 Å². The van der Waals surface area contributed by atoms with Crippen LogP contribution >= 0.6 is 11.6 Å². The Morgan fingerprint density at radius 3 is 2.10 bits per heavy atom. The van der Waals surface area contributed by atoms with Gasteiger partial charge in [0.15, 0.2) is 0 Å². The van der Waals surface area contributed by atoms with Crippen molar-refractivity contribution in [2.45, 2.75) is 52.0 Å². The maximum absolute atomic E-state index is 6.80. The van der Waals surface area contributed by atoms with Gasteiger partial charge in [-0.1, -0.05) is 17.7 Å². The first-order valence-electron chi connectivity index (χ1n) is 8.55. The number of aryl methyl sites for hydroxylation is 2. The molecule has 4 aliphatic rings. The van der Waals surface area contributed by atoms with Crippen LogP contribution < -0.4 is 5.73 Å². The second-order valence-corrected chi connectivity index (χ2v) is 8.40. The molecule has 0 heterocycles. The third kappa shape index (κ3) is 2.24. The van der Waals surface area contributed by atoms with Crippen LogP contribution in [0.1, 0.15) is 54.8 Å². The minimum Gasteiger partial charge on any atom is -0.324 e. The predicted octanol–water partition coefficient (Wildman–Crippen LogP) is 5.03. The van der Waals surface area contributed by atoms with E-state index in [-0.39, 0.29) is 6.04 Å². The minimum atomic E-state index is 0.205. The first-order chi connectivity index (χ1) is 10.0. The van der Waals surface area contributed by atoms with Crippen LogP contribution in [0.2, 0.25) is 5.02 Å². The normalized spacial score (nSPS) is 38.8. The summed E-state index contributed by atoms with van der Waals surface area (Å²) >= 11 is 6.26. The van der Waals surface area contributed by atoms with Gasteiger partial charge in [0.25, 0.3) is 0 Å². The lowest BCUT2D eigenvalue weighted by molar-refractivity contribution is -0.0472. The molecule has 1 unspecified atom stereocenters. The van der Waals surface area contributed by atoms with Gasteiger partial charge in [-0.05, 0) is 98.3 Å². The van der Waals surface area contributed by atoms with Crippen molar-refractivity contribution in [3.05, 3.63) is 33.8 Å². The quantitative estimate of drug-likeness (QED) is 0.815. The van der Waals surface area contributed by atoms with Gasteiger partial charge in [-0.25, -0.2) is 0 Å². The molecule has 4 saturated carbocycles. The number of benzene rings is 1. The Morgan fingerprint density at radius 2 is 1.52 bits per heavy atom. The molecule has 114 valence electrons. The Bertz CT molecular complexity index is 537. The van der Waals surface area contributed by atoms with E-state index < -0.39 is 0 Å². The monoisotopic (exact) mass is 303 g/mol. The highest BCUT2D eigenvalue weighted by Crippen LogP contribution is 2.59. The van der Waals surface area contributed by atoms with Gasteiger partial charge in [0.1, 0.15) is 0 Å². The van der Waals surface area contributed by atoms with Crippen molar-refractivity contribution < 1.29 is 0 Å². The number of nitrogens with two attached hydrogens (primary N) is 1. The fourth-order valence-electron chi connectivity index (χ4n) is 5.92. The Hall–Kier alpha value is -0.530. The fourth-order valence-corrected chi connectivity index (χ4v) is 6.14. The summed E-state index contributed by atoms with van der Waals surface area (Å²) in [5.74, 6) is 4.50. The zero-order valence-corrected chi connectivity index (χ0v) is 13.9. The summed E-state index contributed by atoms with van der Waals surface area (Å²) in [7, 11) is 0.